The van der Waals surface area contributed by atoms with E-state index in [-0.39, 0.29) is 17.9 Å². The Morgan fingerprint density at radius 2 is 2.19 bits per heavy atom. The molecule has 2 N–H and O–H groups in total. The number of thioether (sulfide) groups is 1. The summed E-state index contributed by atoms with van der Waals surface area (Å²) in [5.41, 5.74) is 4.63. The molecule has 0 aliphatic carbocycles. The molecule has 0 aliphatic rings. The molecule has 0 aliphatic heterocycles. The molecule has 0 saturated heterocycles. The summed E-state index contributed by atoms with van der Waals surface area (Å²) in [6, 6.07) is 7.96. The van der Waals surface area contributed by atoms with Gasteiger partial charge in [0.1, 0.15) is 0 Å². The minimum Gasteiger partial charge on any atom is -0.318 e. The van der Waals surface area contributed by atoms with Crippen molar-refractivity contribution >= 4 is 39.2 Å². The van der Waals surface area contributed by atoms with Crippen molar-refractivity contribution in [1.82, 2.24) is 20.0 Å². The third-order valence-electron chi connectivity index (χ3n) is 3.99. The van der Waals surface area contributed by atoms with Gasteiger partial charge >= 0.3 is 0 Å². The van der Waals surface area contributed by atoms with Gasteiger partial charge in [-0.1, -0.05) is 35.2 Å². The zero-order valence-electron chi connectivity index (χ0n) is 14.7. The fourth-order valence-corrected chi connectivity index (χ4v) is 3.97. The molecule has 0 saturated carbocycles. The van der Waals surface area contributed by atoms with Gasteiger partial charge in [0.15, 0.2) is 5.16 Å². The average molecular weight is 390 g/mol. The summed E-state index contributed by atoms with van der Waals surface area (Å²) >= 11 is 2.88. The minimum absolute atomic E-state index is 0.169. The monoisotopic (exact) mass is 389 g/mol. The van der Waals surface area contributed by atoms with Crippen molar-refractivity contribution in [3.63, 3.8) is 0 Å². The normalized spacial score (nSPS) is 11.9. The molecular weight excluding hydrogens is 370 g/mol. The molecule has 26 heavy (non-hydrogen) atoms. The number of benzene rings is 1. The summed E-state index contributed by atoms with van der Waals surface area (Å²) < 4.78 is 3.03. The number of H-pyrrole nitrogens is 1. The molecule has 0 spiro atoms. The molecular formula is C17H19N5O2S2. The predicted octanol–water partition coefficient (Wildman–Crippen LogP) is 1.92. The van der Waals surface area contributed by atoms with Crippen LogP contribution in [-0.4, -0.2) is 26.7 Å². The van der Waals surface area contributed by atoms with Gasteiger partial charge < -0.3 is 9.55 Å². The number of thiazole rings is 1. The number of aromatic amines is 1. The van der Waals surface area contributed by atoms with Crippen LogP contribution in [0, 0.1) is 6.92 Å². The summed E-state index contributed by atoms with van der Waals surface area (Å²) in [5, 5.41) is 4.78. The standard InChI is InChI=1S/C17H19N5O2S2/c1-10-11(15(24)19-16(18-10)25-3)8-9-14(23)20-21-17-22(2)12-6-4-5-7-13(12)26-17/h4-7H,8-9H2,1-3H3,(H,20,23)(H,18,19,24)/b21-17-. The van der Waals surface area contributed by atoms with Gasteiger partial charge in [0, 0.05) is 24.7 Å². The molecule has 9 heteroatoms. The van der Waals surface area contributed by atoms with Gasteiger partial charge in [0.25, 0.3) is 5.56 Å². The lowest BCUT2D eigenvalue weighted by molar-refractivity contribution is -0.121. The Labute approximate surface area is 158 Å². The Bertz CT molecular complexity index is 1080. The molecule has 0 bridgehead atoms. The lowest BCUT2D eigenvalue weighted by atomic mass is 10.1. The highest BCUT2D eigenvalue weighted by molar-refractivity contribution is 7.98. The Balaban J connectivity index is 1.70. The molecule has 2 aromatic heterocycles. The molecule has 0 unspecified atom stereocenters. The van der Waals surface area contributed by atoms with E-state index in [1.807, 2.05) is 42.1 Å². The predicted molar refractivity (Wildman–Crippen MR) is 104 cm³/mol. The molecule has 3 rings (SSSR count). The maximum Gasteiger partial charge on any atom is 0.254 e. The summed E-state index contributed by atoms with van der Waals surface area (Å²) in [6.45, 7) is 1.78. The number of carbonyl (C=O) groups is 1. The first kappa shape index (κ1) is 18.4. The Morgan fingerprint density at radius 1 is 1.42 bits per heavy atom. The van der Waals surface area contributed by atoms with E-state index in [1.165, 1.54) is 23.1 Å². The number of fused-ring (bicyclic) bond motifs is 1. The molecule has 3 aromatic rings. The maximum absolute atomic E-state index is 12.1. The summed E-state index contributed by atoms with van der Waals surface area (Å²) in [6.07, 6.45) is 2.34. The van der Waals surface area contributed by atoms with Crippen molar-refractivity contribution < 1.29 is 4.79 Å². The third kappa shape index (κ3) is 3.88. The van der Waals surface area contributed by atoms with Crippen LogP contribution in [0.2, 0.25) is 0 Å². The SMILES string of the molecule is CSc1nc(C)c(CCC(=O)N/N=c2\sc3ccccc3n2C)c(=O)[nH]1. The molecule has 0 atom stereocenters. The second-order valence-electron chi connectivity index (χ2n) is 5.70. The molecule has 1 amide bonds. The zero-order chi connectivity index (χ0) is 18.7. The van der Waals surface area contributed by atoms with Crippen LogP contribution in [0.4, 0.5) is 0 Å². The van der Waals surface area contributed by atoms with Crippen LogP contribution in [0.3, 0.4) is 0 Å². The lowest BCUT2D eigenvalue weighted by Gasteiger charge is -2.05. The number of amides is 1. The number of carbonyl (C=O) groups excluding carboxylic acids is 1. The molecule has 1 aromatic carbocycles. The summed E-state index contributed by atoms with van der Waals surface area (Å²) in [7, 11) is 1.91. The second-order valence-corrected chi connectivity index (χ2v) is 7.50. The van der Waals surface area contributed by atoms with Crippen molar-refractivity contribution in [2.24, 2.45) is 12.1 Å². The quantitative estimate of drug-likeness (QED) is 0.396. The number of aryl methyl sites for hydroxylation is 2. The van der Waals surface area contributed by atoms with E-state index in [2.05, 4.69) is 20.5 Å². The van der Waals surface area contributed by atoms with Crippen LogP contribution in [0.5, 0.6) is 0 Å². The van der Waals surface area contributed by atoms with E-state index >= 15 is 0 Å². The number of para-hydroxylation sites is 1. The summed E-state index contributed by atoms with van der Waals surface area (Å²) in [5.74, 6) is -0.241. The van der Waals surface area contributed by atoms with E-state index in [0.29, 0.717) is 27.6 Å². The van der Waals surface area contributed by atoms with Gasteiger partial charge in [-0.25, -0.2) is 10.4 Å². The van der Waals surface area contributed by atoms with Crippen LogP contribution in [0.15, 0.2) is 39.3 Å². The highest BCUT2D eigenvalue weighted by atomic mass is 32.2. The molecule has 2 heterocycles. The van der Waals surface area contributed by atoms with Gasteiger partial charge in [-0.15, -0.1) is 5.10 Å². The van der Waals surface area contributed by atoms with E-state index in [1.54, 1.807) is 6.92 Å². The first-order valence-electron chi connectivity index (χ1n) is 8.00. The van der Waals surface area contributed by atoms with Crippen molar-refractivity contribution in [3.8, 4) is 0 Å². The average Bonchev–Trinajstić information content (AvgIpc) is 2.95. The van der Waals surface area contributed by atoms with Gasteiger partial charge in [0.2, 0.25) is 10.7 Å². The minimum atomic E-state index is -0.241. The molecule has 7 nitrogen and oxygen atoms in total. The number of hydrogen-bond donors (Lipinski definition) is 2. The van der Waals surface area contributed by atoms with Gasteiger partial charge in [0.05, 0.1) is 10.2 Å². The second kappa shape index (κ2) is 7.88. The smallest absolute Gasteiger partial charge is 0.254 e. The van der Waals surface area contributed by atoms with Gasteiger partial charge in [-0.05, 0) is 31.7 Å². The van der Waals surface area contributed by atoms with Crippen LogP contribution in [-0.2, 0) is 18.3 Å². The first-order chi connectivity index (χ1) is 12.5. The molecule has 0 fully saturated rings. The Morgan fingerprint density at radius 3 is 2.88 bits per heavy atom. The molecule has 0 radical (unpaired) electrons. The lowest BCUT2D eigenvalue weighted by Crippen LogP contribution is -2.25. The highest BCUT2D eigenvalue weighted by Crippen LogP contribution is 2.15. The third-order valence-corrected chi connectivity index (χ3v) is 5.68. The Kier molecular flexibility index (Phi) is 5.58. The van der Waals surface area contributed by atoms with Crippen molar-refractivity contribution in [2.45, 2.75) is 24.9 Å². The van der Waals surface area contributed by atoms with Crippen LogP contribution >= 0.6 is 23.1 Å². The summed E-state index contributed by atoms with van der Waals surface area (Å²) in [4.78, 5) is 31.9. The van der Waals surface area contributed by atoms with E-state index in [9.17, 15) is 9.59 Å². The number of nitrogens with zero attached hydrogens (tertiary/aromatic N) is 3. The number of rotatable bonds is 5. The van der Waals surface area contributed by atoms with E-state index in [0.717, 1.165) is 10.2 Å². The maximum atomic E-state index is 12.1. The fraction of sp³-hybridized carbons (Fsp3) is 0.294. The number of nitrogens with one attached hydrogen (secondary N) is 2. The topological polar surface area (TPSA) is 92.1 Å². The first-order valence-corrected chi connectivity index (χ1v) is 10.0. The van der Waals surface area contributed by atoms with Crippen LogP contribution in [0.25, 0.3) is 10.2 Å². The molecule has 136 valence electrons. The number of hydrogen-bond acceptors (Lipinski definition) is 6. The van der Waals surface area contributed by atoms with Crippen molar-refractivity contribution in [1.29, 1.82) is 0 Å². The van der Waals surface area contributed by atoms with Crippen molar-refractivity contribution in [2.75, 3.05) is 6.26 Å². The largest absolute Gasteiger partial charge is 0.318 e. The van der Waals surface area contributed by atoms with E-state index in [4.69, 9.17) is 0 Å². The van der Waals surface area contributed by atoms with Crippen LogP contribution < -0.4 is 15.8 Å². The van der Waals surface area contributed by atoms with Crippen LogP contribution in [0.1, 0.15) is 17.7 Å². The highest BCUT2D eigenvalue weighted by Gasteiger charge is 2.10. The van der Waals surface area contributed by atoms with E-state index < -0.39 is 0 Å². The fourth-order valence-electron chi connectivity index (χ4n) is 2.57. The van der Waals surface area contributed by atoms with Crippen molar-refractivity contribution in [3.05, 3.63) is 50.7 Å². The number of aromatic nitrogens is 3. The zero-order valence-corrected chi connectivity index (χ0v) is 16.3. The van der Waals surface area contributed by atoms with Gasteiger partial charge in [-0.2, -0.15) is 0 Å². The van der Waals surface area contributed by atoms with Gasteiger partial charge in [-0.3, -0.25) is 9.59 Å². The Hall–Kier alpha value is -2.39.